The van der Waals surface area contributed by atoms with Gasteiger partial charge in [0.2, 0.25) is 5.91 Å². The average molecular weight is 189 g/mol. The van der Waals surface area contributed by atoms with E-state index in [4.69, 9.17) is 10.5 Å². The Labute approximate surface area is 76.8 Å². The summed E-state index contributed by atoms with van der Waals surface area (Å²) in [5.41, 5.74) is 10.1. The lowest BCUT2D eigenvalue weighted by molar-refractivity contribution is -0.147. The van der Waals surface area contributed by atoms with Gasteiger partial charge in [0, 0.05) is 0 Å². The first-order chi connectivity index (χ1) is 6.11. The summed E-state index contributed by atoms with van der Waals surface area (Å²) >= 11 is 0. The highest BCUT2D eigenvalue weighted by molar-refractivity contribution is 5.84. The monoisotopic (exact) mass is 189 g/mol. The molecule has 0 bridgehead atoms. The van der Waals surface area contributed by atoms with Gasteiger partial charge in [-0.2, -0.15) is 0 Å². The van der Waals surface area contributed by atoms with E-state index < -0.39 is 17.9 Å². The molecule has 0 aromatic heterocycles. The third-order valence-electron chi connectivity index (χ3n) is 1.29. The quantitative estimate of drug-likeness (QED) is 0.350. The van der Waals surface area contributed by atoms with Gasteiger partial charge in [0.05, 0.1) is 13.0 Å². The molecule has 0 rings (SSSR count). The first-order valence-corrected chi connectivity index (χ1v) is 3.99. The van der Waals surface area contributed by atoms with Crippen LogP contribution in [0.3, 0.4) is 0 Å². The number of nitrogens with two attached hydrogens (primary N) is 1. The third kappa shape index (κ3) is 5.15. The largest absolute Gasteiger partial charge is 0.465 e. The number of hydrazine groups is 1. The molecule has 0 saturated heterocycles. The van der Waals surface area contributed by atoms with Crippen molar-refractivity contribution < 1.29 is 14.3 Å². The summed E-state index contributed by atoms with van der Waals surface area (Å²) in [6, 6.07) is -0.720. The van der Waals surface area contributed by atoms with Crippen molar-refractivity contribution in [3.8, 4) is 0 Å². The highest BCUT2D eigenvalue weighted by Crippen LogP contribution is 1.93. The number of hydrogen-bond donors (Lipinski definition) is 3. The molecule has 76 valence electrons. The van der Waals surface area contributed by atoms with Crippen LogP contribution in [0.15, 0.2) is 0 Å². The lowest BCUT2D eigenvalue weighted by Gasteiger charge is -2.14. The van der Waals surface area contributed by atoms with E-state index in [1.807, 2.05) is 0 Å². The Morgan fingerprint density at radius 2 is 2.15 bits per heavy atom. The van der Waals surface area contributed by atoms with Gasteiger partial charge in [-0.05, 0) is 14.0 Å². The third-order valence-corrected chi connectivity index (χ3v) is 1.29. The zero-order chi connectivity index (χ0) is 10.3. The number of carbonyl (C=O) groups is 2. The SMILES string of the molecule is CCOC(=O)[C@H](CC(N)=O)NNC. The molecule has 13 heavy (non-hydrogen) atoms. The lowest BCUT2D eigenvalue weighted by Crippen LogP contribution is -2.46. The maximum Gasteiger partial charge on any atom is 0.325 e. The molecule has 0 spiro atoms. The maximum atomic E-state index is 11.1. The van der Waals surface area contributed by atoms with Gasteiger partial charge in [-0.25, -0.2) is 5.43 Å². The summed E-state index contributed by atoms with van der Waals surface area (Å²) in [5, 5.41) is 0. The Morgan fingerprint density at radius 1 is 1.54 bits per heavy atom. The van der Waals surface area contributed by atoms with Crippen LogP contribution in [0.5, 0.6) is 0 Å². The van der Waals surface area contributed by atoms with Crippen LogP contribution >= 0.6 is 0 Å². The molecule has 0 saturated carbocycles. The number of ether oxygens (including phenoxy) is 1. The summed E-state index contributed by atoms with van der Waals surface area (Å²) in [7, 11) is 1.59. The fourth-order valence-corrected chi connectivity index (χ4v) is 0.812. The zero-order valence-corrected chi connectivity index (χ0v) is 7.79. The Hall–Kier alpha value is -1.14. The minimum absolute atomic E-state index is 0.0837. The number of carbonyl (C=O) groups excluding carboxylic acids is 2. The van der Waals surface area contributed by atoms with E-state index in [0.29, 0.717) is 0 Å². The number of rotatable bonds is 6. The molecular formula is C7H15N3O3. The Kier molecular flexibility index (Phi) is 5.82. The Balaban J connectivity index is 4.06. The van der Waals surface area contributed by atoms with Crippen molar-refractivity contribution in [1.29, 1.82) is 0 Å². The first-order valence-electron chi connectivity index (χ1n) is 3.99. The van der Waals surface area contributed by atoms with Crippen LogP contribution in [0.4, 0.5) is 0 Å². The molecule has 1 amide bonds. The van der Waals surface area contributed by atoms with Gasteiger partial charge in [0.15, 0.2) is 0 Å². The average Bonchev–Trinajstić information content (AvgIpc) is 2.03. The molecule has 0 aliphatic carbocycles. The second-order valence-electron chi connectivity index (χ2n) is 2.37. The van der Waals surface area contributed by atoms with E-state index in [2.05, 4.69) is 10.9 Å². The Morgan fingerprint density at radius 3 is 2.54 bits per heavy atom. The summed E-state index contributed by atoms with van der Waals surface area (Å²) in [4.78, 5) is 21.7. The molecule has 0 fully saturated rings. The van der Waals surface area contributed by atoms with E-state index in [1.165, 1.54) is 0 Å². The predicted molar refractivity (Wildman–Crippen MR) is 46.4 cm³/mol. The van der Waals surface area contributed by atoms with Crippen molar-refractivity contribution in [1.82, 2.24) is 10.9 Å². The van der Waals surface area contributed by atoms with Crippen LogP contribution in [0.25, 0.3) is 0 Å². The zero-order valence-electron chi connectivity index (χ0n) is 7.79. The van der Waals surface area contributed by atoms with Gasteiger partial charge in [0.25, 0.3) is 0 Å². The molecule has 0 aromatic carbocycles. The van der Waals surface area contributed by atoms with Gasteiger partial charge in [0.1, 0.15) is 6.04 Å². The van der Waals surface area contributed by atoms with E-state index >= 15 is 0 Å². The summed E-state index contributed by atoms with van der Waals surface area (Å²) in [6.45, 7) is 1.97. The molecule has 0 aliphatic rings. The summed E-state index contributed by atoms with van der Waals surface area (Å²) in [5.74, 6) is -1.04. The van der Waals surface area contributed by atoms with E-state index in [1.54, 1.807) is 14.0 Å². The number of hydrogen-bond acceptors (Lipinski definition) is 5. The molecule has 0 aromatic rings. The highest BCUT2D eigenvalue weighted by Gasteiger charge is 2.20. The van der Waals surface area contributed by atoms with Crippen LogP contribution in [0, 0.1) is 0 Å². The minimum atomic E-state index is -0.720. The predicted octanol–water partition coefficient (Wildman–Crippen LogP) is -1.48. The number of amides is 1. The van der Waals surface area contributed by atoms with Crippen LogP contribution < -0.4 is 16.6 Å². The fourth-order valence-electron chi connectivity index (χ4n) is 0.812. The van der Waals surface area contributed by atoms with Gasteiger partial charge >= 0.3 is 5.97 Å². The highest BCUT2D eigenvalue weighted by atomic mass is 16.5. The lowest BCUT2D eigenvalue weighted by atomic mass is 10.2. The van der Waals surface area contributed by atoms with Crippen LogP contribution in [0.2, 0.25) is 0 Å². The van der Waals surface area contributed by atoms with Crippen LogP contribution in [-0.4, -0.2) is 31.6 Å². The molecule has 0 unspecified atom stereocenters. The Bertz CT molecular complexity index is 184. The van der Waals surface area contributed by atoms with Crippen molar-refractivity contribution >= 4 is 11.9 Å². The van der Waals surface area contributed by atoms with Gasteiger partial charge in [-0.1, -0.05) is 0 Å². The molecule has 6 nitrogen and oxygen atoms in total. The molecule has 1 atom stereocenters. The molecule has 6 heteroatoms. The molecule has 4 N–H and O–H groups in total. The first kappa shape index (κ1) is 11.9. The minimum Gasteiger partial charge on any atom is -0.465 e. The van der Waals surface area contributed by atoms with Gasteiger partial charge in [-0.3, -0.25) is 15.0 Å². The van der Waals surface area contributed by atoms with Crippen molar-refractivity contribution in [3.63, 3.8) is 0 Å². The smallest absolute Gasteiger partial charge is 0.325 e. The normalized spacial score (nSPS) is 12.2. The van der Waals surface area contributed by atoms with Gasteiger partial charge in [-0.15, -0.1) is 0 Å². The van der Waals surface area contributed by atoms with Gasteiger partial charge < -0.3 is 10.5 Å². The molecule has 0 aliphatic heterocycles. The van der Waals surface area contributed by atoms with E-state index in [-0.39, 0.29) is 13.0 Å². The number of esters is 1. The van der Waals surface area contributed by atoms with E-state index in [9.17, 15) is 9.59 Å². The topological polar surface area (TPSA) is 93.5 Å². The second-order valence-corrected chi connectivity index (χ2v) is 2.37. The van der Waals surface area contributed by atoms with Crippen molar-refractivity contribution in [2.45, 2.75) is 19.4 Å². The fraction of sp³-hybridized carbons (Fsp3) is 0.714. The van der Waals surface area contributed by atoms with Crippen molar-refractivity contribution in [2.24, 2.45) is 5.73 Å². The van der Waals surface area contributed by atoms with Crippen LogP contribution in [-0.2, 0) is 14.3 Å². The maximum absolute atomic E-state index is 11.1. The standard InChI is InChI=1S/C7H15N3O3/c1-3-13-7(12)5(10-9-2)4-6(8)11/h5,9-10H,3-4H2,1-2H3,(H2,8,11)/t5-/m0/s1. The molecular weight excluding hydrogens is 174 g/mol. The second kappa shape index (κ2) is 6.38. The molecule has 0 radical (unpaired) electrons. The van der Waals surface area contributed by atoms with Crippen LogP contribution in [0.1, 0.15) is 13.3 Å². The van der Waals surface area contributed by atoms with Crippen molar-refractivity contribution in [3.05, 3.63) is 0 Å². The molecule has 0 heterocycles. The summed E-state index contributed by atoms with van der Waals surface area (Å²) < 4.78 is 4.71. The number of primary amides is 1. The summed E-state index contributed by atoms with van der Waals surface area (Å²) in [6.07, 6.45) is -0.0837. The number of nitrogens with one attached hydrogen (secondary N) is 2. The van der Waals surface area contributed by atoms with E-state index in [0.717, 1.165) is 0 Å². The van der Waals surface area contributed by atoms with Crippen molar-refractivity contribution in [2.75, 3.05) is 13.7 Å².